The molecule has 0 bridgehead atoms. The molecule has 7 heteroatoms. The van der Waals surface area contributed by atoms with Crippen LogP contribution in [-0.2, 0) is 4.79 Å². The number of ether oxygens (including phenoxy) is 2. The number of hydrogen-bond donors (Lipinski definition) is 1. The molecule has 1 aromatic carbocycles. The van der Waals surface area contributed by atoms with Crippen LogP contribution in [0.2, 0.25) is 0 Å². The van der Waals surface area contributed by atoms with Gasteiger partial charge in [0.1, 0.15) is 0 Å². The predicted molar refractivity (Wildman–Crippen MR) is 83.6 cm³/mol. The zero-order valence-corrected chi connectivity index (χ0v) is 12.6. The number of carbonyl (C=O) groups excluding carboxylic acids is 2. The minimum atomic E-state index is -0.437. The van der Waals surface area contributed by atoms with E-state index in [0.717, 1.165) is 0 Å². The molecule has 0 radical (unpaired) electrons. The Labute approximate surface area is 132 Å². The molecular weight excluding hydrogens is 298 g/mol. The average molecular weight is 313 g/mol. The Hall–Kier alpha value is -3.22. The Morgan fingerprint density at radius 3 is 2.74 bits per heavy atom. The molecule has 23 heavy (non-hydrogen) atoms. The van der Waals surface area contributed by atoms with E-state index in [1.165, 1.54) is 26.4 Å². The van der Waals surface area contributed by atoms with Crippen molar-refractivity contribution in [2.45, 2.75) is 6.92 Å². The minimum Gasteiger partial charge on any atom is -0.493 e. The van der Waals surface area contributed by atoms with Gasteiger partial charge in [-0.25, -0.2) is 5.43 Å². The lowest BCUT2D eigenvalue weighted by molar-refractivity contribution is -0.132. The monoisotopic (exact) mass is 313 g/mol. The molecule has 0 spiro atoms. The van der Waals surface area contributed by atoms with Gasteiger partial charge in [-0.3, -0.25) is 14.6 Å². The van der Waals surface area contributed by atoms with Crippen molar-refractivity contribution >= 4 is 18.1 Å². The number of rotatable bonds is 5. The molecule has 118 valence electrons. The van der Waals surface area contributed by atoms with Crippen LogP contribution < -0.4 is 14.9 Å². The van der Waals surface area contributed by atoms with Gasteiger partial charge in [-0.1, -0.05) is 0 Å². The summed E-state index contributed by atoms with van der Waals surface area (Å²) in [4.78, 5) is 26.6. The molecule has 0 unspecified atom stereocenters. The quantitative estimate of drug-likeness (QED) is 0.393. The summed E-state index contributed by atoms with van der Waals surface area (Å²) in [6.45, 7) is 1.31. The van der Waals surface area contributed by atoms with E-state index < -0.39 is 5.97 Å². The molecule has 0 fully saturated rings. The van der Waals surface area contributed by atoms with E-state index in [4.69, 9.17) is 9.47 Å². The maximum absolute atomic E-state index is 11.8. The van der Waals surface area contributed by atoms with E-state index in [-0.39, 0.29) is 5.91 Å². The molecule has 1 aromatic heterocycles. The van der Waals surface area contributed by atoms with Crippen molar-refractivity contribution < 1.29 is 19.1 Å². The maximum atomic E-state index is 11.8. The fourth-order valence-corrected chi connectivity index (χ4v) is 1.73. The number of nitrogens with zero attached hydrogens (tertiary/aromatic N) is 2. The number of esters is 1. The molecule has 1 N–H and O–H groups in total. The molecule has 2 aromatic rings. The van der Waals surface area contributed by atoms with Crippen molar-refractivity contribution in [3.63, 3.8) is 0 Å². The third-order valence-corrected chi connectivity index (χ3v) is 2.74. The highest BCUT2D eigenvalue weighted by Gasteiger charge is 2.07. The van der Waals surface area contributed by atoms with Gasteiger partial charge in [0, 0.05) is 19.3 Å². The lowest BCUT2D eigenvalue weighted by Gasteiger charge is -2.08. The number of benzene rings is 1. The molecule has 0 atom stereocenters. The van der Waals surface area contributed by atoms with E-state index in [0.29, 0.717) is 22.6 Å². The van der Waals surface area contributed by atoms with Crippen LogP contribution in [0.1, 0.15) is 22.8 Å². The van der Waals surface area contributed by atoms with E-state index in [1.54, 1.807) is 36.5 Å². The van der Waals surface area contributed by atoms with Gasteiger partial charge in [-0.2, -0.15) is 5.10 Å². The largest absolute Gasteiger partial charge is 0.493 e. The molecule has 1 amide bonds. The fourth-order valence-electron chi connectivity index (χ4n) is 1.73. The Morgan fingerprint density at radius 2 is 2.09 bits per heavy atom. The van der Waals surface area contributed by atoms with Gasteiger partial charge in [0.25, 0.3) is 5.91 Å². The highest BCUT2D eigenvalue weighted by atomic mass is 16.6. The van der Waals surface area contributed by atoms with E-state index in [1.807, 2.05) is 0 Å². The first-order chi connectivity index (χ1) is 11.1. The van der Waals surface area contributed by atoms with Crippen LogP contribution in [0, 0.1) is 0 Å². The summed E-state index contributed by atoms with van der Waals surface area (Å²) in [6.07, 6.45) is 4.48. The third kappa shape index (κ3) is 4.63. The molecule has 0 aliphatic carbocycles. The topological polar surface area (TPSA) is 89.9 Å². The zero-order chi connectivity index (χ0) is 16.7. The summed E-state index contributed by atoms with van der Waals surface area (Å²) >= 11 is 0. The Bertz CT molecular complexity index is 729. The number of hydrazone groups is 1. The SMILES string of the molecule is COc1cc(C=NNC(=O)c2cccnc2)ccc1OC(C)=O. The summed E-state index contributed by atoms with van der Waals surface area (Å²) in [5.74, 6) is -0.0921. The van der Waals surface area contributed by atoms with Gasteiger partial charge in [0.05, 0.1) is 18.9 Å². The molecular formula is C16H15N3O4. The Kier molecular flexibility index (Phi) is 5.40. The van der Waals surface area contributed by atoms with E-state index in [2.05, 4.69) is 15.5 Å². The summed E-state index contributed by atoms with van der Waals surface area (Å²) in [6, 6.07) is 8.20. The van der Waals surface area contributed by atoms with Crippen molar-refractivity contribution in [2.75, 3.05) is 7.11 Å². The molecule has 2 rings (SSSR count). The summed E-state index contributed by atoms with van der Waals surface area (Å²) in [5, 5.41) is 3.87. The number of aromatic nitrogens is 1. The lowest BCUT2D eigenvalue weighted by Crippen LogP contribution is -2.17. The minimum absolute atomic E-state index is 0.316. The van der Waals surface area contributed by atoms with Gasteiger partial charge in [-0.15, -0.1) is 0 Å². The van der Waals surface area contributed by atoms with Crippen LogP contribution in [-0.4, -0.2) is 30.2 Å². The number of amides is 1. The number of methoxy groups -OCH3 is 1. The first-order valence-electron chi connectivity index (χ1n) is 6.70. The highest BCUT2D eigenvalue weighted by molar-refractivity contribution is 5.94. The first kappa shape index (κ1) is 16.2. The second-order valence-corrected chi connectivity index (χ2v) is 4.44. The number of nitrogens with one attached hydrogen (secondary N) is 1. The number of pyridine rings is 1. The first-order valence-corrected chi connectivity index (χ1v) is 6.70. The highest BCUT2D eigenvalue weighted by Crippen LogP contribution is 2.27. The second-order valence-electron chi connectivity index (χ2n) is 4.44. The van der Waals surface area contributed by atoms with Crippen molar-refractivity contribution in [2.24, 2.45) is 5.10 Å². The van der Waals surface area contributed by atoms with E-state index in [9.17, 15) is 9.59 Å². The summed E-state index contributed by atoms with van der Waals surface area (Å²) in [7, 11) is 1.47. The van der Waals surface area contributed by atoms with Crippen molar-refractivity contribution in [1.29, 1.82) is 0 Å². The smallest absolute Gasteiger partial charge is 0.308 e. The second kappa shape index (κ2) is 7.69. The standard InChI is InChI=1S/C16H15N3O4/c1-11(20)23-14-6-5-12(8-15(14)22-2)9-18-19-16(21)13-4-3-7-17-10-13/h3-10H,1-2H3,(H,19,21). The van der Waals surface area contributed by atoms with Gasteiger partial charge < -0.3 is 9.47 Å². The third-order valence-electron chi connectivity index (χ3n) is 2.74. The fraction of sp³-hybridized carbons (Fsp3) is 0.125. The van der Waals surface area contributed by atoms with Gasteiger partial charge in [-0.05, 0) is 35.9 Å². The van der Waals surface area contributed by atoms with Gasteiger partial charge >= 0.3 is 5.97 Å². The molecule has 0 saturated heterocycles. The maximum Gasteiger partial charge on any atom is 0.308 e. The number of hydrogen-bond acceptors (Lipinski definition) is 6. The van der Waals surface area contributed by atoms with Crippen LogP contribution in [0.4, 0.5) is 0 Å². The Balaban J connectivity index is 2.05. The predicted octanol–water partition coefficient (Wildman–Crippen LogP) is 1.78. The van der Waals surface area contributed by atoms with Crippen LogP contribution in [0.25, 0.3) is 0 Å². The lowest BCUT2D eigenvalue weighted by atomic mass is 10.2. The normalized spacial score (nSPS) is 10.3. The summed E-state index contributed by atoms with van der Waals surface area (Å²) in [5.41, 5.74) is 3.48. The molecule has 0 aliphatic heterocycles. The average Bonchev–Trinajstić information content (AvgIpc) is 2.56. The van der Waals surface area contributed by atoms with Crippen molar-refractivity contribution in [3.8, 4) is 11.5 Å². The molecule has 1 heterocycles. The zero-order valence-electron chi connectivity index (χ0n) is 12.6. The summed E-state index contributed by atoms with van der Waals surface area (Å²) < 4.78 is 10.2. The van der Waals surface area contributed by atoms with Gasteiger partial charge in [0.15, 0.2) is 11.5 Å². The van der Waals surface area contributed by atoms with Crippen LogP contribution in [0.5, 0.6) is 11.5 Å². The van der Waals surface area contributed by atoms with Crippen LogP contribution >= 0.6 is 0 Å². The van der Waals surface area contributed by atoms with Crippen molar-refractivity contribution in [1.82, 2.24) is 10.4 Å². The number of carbonyl (C=O) groups is 2. The van der Waals surface area contributed by atoms with Crippen LogP contribution in [0.15, 0.2) is 47.8 Å². The molecule has 7 nitrogen and oxygen atoms in total. The van der Waals surface area contributed by atoms with Crippen molar-refractivity contribution in [3.05, 3.63) is 53.9 Å². The Morgan fingerprint density at radius 1 is 1.26 bits per heavy atom. The van der Waals surface area contributed by atoms with E-state index >= 15 is 0 Å². The van der Waals surface area contributed by atoms with Gasteiger partial charge in [0.2, 0.25) is 0 Å². The van der Waals surface area contributed by atoms with Crippen LogP contribution in [0.3, 0.4) is 0 Å². The molecule has 0 saturated carbocycles. The molecule has 0 aliphatic rings.